The van der Waals surface area contributed by atoms with Crippen LogP contribution in [0, 0.1) is 0 Å². The van der Waals surface area contributed by atoms with E-state index in [0.717, 1.165) is 0 Å². The quantitative estimate of drug-likeness (QED) is 0.381. The van der Waals surface area contributed by atoms with Gasteiger partial charge >= 0.3 is 5.97 Å². The molecule has 0 saturated carbocycles. The molecule has 0 aliphatic carbocycles. The molecule has 0 aliphatic heterocycles. The molecule has 4 heteroatoms. The molecular weight excluding hydrogens is 122 g/mol. The molecule has 0 aliphatic rings. The third kappa shape index (κ3) is 5.69. The molecule has 0 aromatic rings. The molecule has 0 unspecified atom stereocenters. The number of alkyl halides is 1. The molecular formula is C3H6ClFO2. The van der Waals surface area contributed by atoms with E-state index in [-0.39, 0.29) is 10.6 Å². The van der Waals surface area contributed by atoms with Crippen LogP contribution in [0.15, 0.2) is 0 Å². The molecule has 0 radical (unpaired) electrons. The van der Waals surface area contributed by atoms with Gasteiger partial charge in [0.05, 0.1) is 7.11 Å². The van der Waals surface area contributed by atoms with Gasteiger partial charge in [0.25, 0.3) is 0 Å². The van der Waals surface area contributed by atoms with Crippen LogP contribution in [0.3, 0.4) is 0 Å². The SMILES string of the molecule is COC(=O)CCl.F. The summed E-state index contributed by atoms with van der Waals surface area (Å²) in [5, 5.41) is 0. The molecule has 0 atom stereocenters. The standard InChI is InChI=1S/C3H5ClO2.FH/c1-6-3(5)2-4;/h2H2,1H3;1H. The van der Waals surface area contributed by atoms with E-state index in [1.165, 1.54) is 7.11 Å². The van der Waals surface area contributed by atoms with Gasteiger partial charge in [-0.25, -0.2) is 0 Å². The number of hydrogen-bond donors (Lipinski definition) is 0. The second kappa shape index (κ2) is 5.69. The fraction of sp³-hybridized carbons (Fsp3) is 0.667. The summed E-state index contributed by atoms with van der Waals surface area (Å²) in [5.74, 6) is -0.451. The number of carbonyl (C=O) groups excluding carboxylic acids is 1. The predicted octanol–water partition coefficient (Wildman–Crippen LogP) is 0.551. The Morgan fingerprint density at radius 2 is 2.29 bits per heavy atom. The molecule has 0 heterocycles. The molecule has 2 nitrogen and oxygen atoms in total. The Hall–Kier alpha value is -0.310. The van der Waals surface area contributed by atoms with Gasteiger partial charge in [-0.05, 0) is 0 Å². The maximum absolute atomic E-state index is 9.83. The largest absolute Gasteiger partial charge is 0.468 e. The number of hydrogen-bond acceptors (Lipinski definition) is 2. The lowest BCUT2D eigenvalue weighted by Crippen LogP contribution is -1.99. The molecule has 44 valence electrons. The highest BCUT2D eigenvalue weighted by Gasteiger charge is 1.89. The van der Waals surface area contributed by atoms with Gasteiger partial charge in [-0.1, -0.05) is 0 Å². The zero-order valence-corrected chi connectivity index (χ0v) is 4.57. The van der Waals surface area contributed by atoms with Gasteiger partial charge in [0.2, 0.25) is 0 Å². The number of ether oxygens (including phenoxy) is 1. The second-order valence-corrected chi connectivity index (χ2v) is 0.977. The van der Waals surface area contributed by atoms with E-state index in [1.54, 1.807) is 0 Å². The first-order valence-corrected chi connectivity index (χ1v) is 1.97. The number of esters is 1. The highest BCUT2D eigenvalue weighted by molar-refractivity contribution is 6.26. The molecule has 0 bridgehead atoms. The third-order valence-electron chi connectivity index (χ3n) is 0.337. The minimum absolute atomic E-state index is 0. The first-order valence-electron chi connectivity index (χ1n) is 1.44. The summed E-state index contributed by atoms with van der Waals surface area (Å²) in [4.78, 5) is 9.83. The predicted molar refractivity (Wildman–Crippen MR) is 25.2 cm³/mol. The Kier molecular flexibility index (Phi) is 8.00. The Balaban J connectivity index is 0. The van der Waals surface area contributed by atoms with Gasteiger partial charge in [0.15, 0.2) is 0 Å². The van der Waals surface area contributed by atoms with Crippen LogP contribution in [0.5, 0.6) is 0 Å². The van der Waals surface area contributed by atoms with Crippen molar-refractivity contribution in [2.24, 2.45) is 0 Å². The van der Waals surface area contributed by atoms with Gasteiger partial charge < -0.3 is 4.74 Å². The van der Waals surface area contributed by atoms with Crippen LogP contribution in [-0.2, 0) is 9.53 Å². The van der Waals surface area contributed by atoms with Crippen LogP contribution >= 0.6 is 11.6 Å². The second-order valence-electron chi connectivity index (χ2n) is 0.710. The van der Waals surface area contributed by atoms with Crippen molar-refractivity contribution >= 4 is 17.6 Å². The molecule has 0 fully saturated rings. The van der Waals surface area contributed by atoms with E-state index < -0.39 is 5.97 Å². The van der Waals surface area contributed by atoms with Gasteiger partial charge in [-0.15, -0.1) is 11.6 Å². The summed E-state index contributed by atoms with van der Waals surface area (Å²) in [6, 6.07) is 0. The van der Waals surface area contributed by atoms with Gasteiger partial charge in [-0.3, -0.25) is 9.50 Å². The van der Waals surface area contributed by atoms with Crippen LogP contribution in [-0.4, -0.2) is 19.0 Å². The zero-order chi connectivity index (χ0) is 4.99. The van der Waals surface area contributed by atoms with Crippen molar-refractivity contribution in [1.82, 2.24) is 0 Å². The molecule has 0 spiro atoms. The topological polar surface area (TPSA) is 26.3 Å². The van der Waals surface area contributed by atoms with E-state index in [0.29, 0.717) is 0 Å². The van der Waals surface area contributed by atoms with E-state index in [1.807, 2.05) is 0 Å². The van der Waals surface area contributed by atoms with Crippen molar-refractivity contribution in [1.29, 1.82) is 0 Å². The number of carbonyl (C=O) groups is 1. The lowest BCUT2D eigenvalue weighted by Gasteiger charge is -1.85. The molecule has 0 rings (SSSR count). The first-order chi connectivity index (χ1) is 2.81. The molecule has 0 aromatic carbocycles. The zero-order valence-electron chi connectivity index (χ0n) is 3.81. The first kappa shape index (κ1) is 9.85. The summed E-state index contributed by atoms with van der Waals surface area (Å²) >= 11 is 4.98. The summed E-state index contributed by atoms with van der Waals surface area (Å²) in [6.45, 7) is 0. The van der Waals surface area contributed by atoms with Crippen molar-refractivity contribution in [2.45, 2.75) is 0 Å². The minimum Gasteiger partial charge on any atom is -0.468 e. The highest BCUT2D eigenvalue weighted by atomic mass is 35.5. The third-order valence-corrected chi connectivity index (χ3v) is 0.555. The monoisotopic (exact) mass is 128 g/mol. The van der Waals surface area contributed by atoms with Crippen LogP contribution < -0.4 is 0 Å². The molecule has 0 saturated heterocycles. The van der Waals surface area contributed by atoms with E-state index in [9.17, 15) is 4.79 Å². The molecule has 7 heavy (non-hydrogen) atoms. The van der Waals surface area contributed by atoms with E-state index in [4.69, 9.17) is 11.6 Å². The van der Waals surface area contributed by atoms with Crippen LogP contribution in [0.1, 0.15) is 0 Å². The summed E-state index contributed by atoms with van der Waals surface area (Å²) in [6.07, 6.45) is 0. The number of halogens is 2. The van der Waals surface area contributed by atoms with Crippen LogP contribution in [0.25, 0.3) is 0 Å². The summed E-state index contributed by atoms with van der Waals surface area (Å²) in [5.41, 5.74) is 0. The average molecular weight is 129 g/mol. The van der Waals surface area contributed by atoms with Crippen molar-refractivity contribution in [3.8, 4) is 0 Å². The van der Waals surface area contributed by atoms with Gasteiger partial charge in [0.1, 0.15) is 5.88 Å². The average Bonchev–Trinajstić information content (AvgIpc) is 1.65. The maximum Gasteiger partial charge on any atom is 0.320 e. The van der Waals surface area contributed by atoms with Crippen molar-refractivity contribution < 1.29 is 14.2 Å². The smallest absolute Gasteiger partial charge is 0.320 e. The van der Waals surface area contributed by atoms with Crippen LogP contribution in [0.4, 0.5) is 4.70 Å². The fourth-order valence-electron chi connectivity index (χ4n) is 0.0546. The number of methoxy groups -OCH3 is 1. The van der Waals surface area contributed by atoms with Crippen molar-refractivity contribution in [3.05, 3.63) is 0 Å². The lowest BCUT2D eigenvalue weighted by molar-refractivity contribution is -0.137. The van der Waals surface area contributed by atoms with Gasteiger partial charge in [0, 0.05) is 0 Å². The molecule has 0 amide bonds. The summed E-state index contributed by atoms with van der Waals surface area (Å²) in [7, 11) is 1.30. The Labute approximate surface area is 45.8 Å². The van der Waals surface area contributed by atoms with Crippen molar-refractivity contribution in [3.63, 3.8) is 0 Å². The number of rotatable bonds is 1. The summed E-state index contributed by atoms with van der Waals surface area (Å²) < 4.78 is 4.13. The fourth-order valence-corrected chi connectivity index (χ4v) is 0.164. The van der Waals surface area contributed by atoms with E-state index in [2.05, 4.69) is 4.74 Å². The highest BCUT2D eigenvalue weighted by Crippen LogP contribution is 1.75. The molecule has 0 aromatic heterocycles. The Bertz CT molecular complexity index is 50.9. The normalized spacial score (nSPS) is 6.57. The Morgan fingerprint density at radius 1 is 1.86 bits per heavy atom. The van der Waals surface area contributed by atoms with Gasteiger partial charge in [-0.2, -0.15) is 0 Å². The van der Waals surface area contributed by atoms with Crippen LogP contribution in [0.2, 0.25) is 0 Å². The van der Waals surface area contributed by atoms with E-state index >= 15 is 0 Å². The maximum atomic E-state index is 9.83. The van der Waals surface area contributed by atoms with Crippen molar-refractivity contribution in [2.75, 3.05) is 13.0 Å². The minimum atomic E-state index is -0.392. The molecule has 0 N–H and O–H groups in total. The lowest BCUT2D eigenvalue weighted by atomic mass is 10.8. The Morgan fingerprint density at radius 3 is 2.29 bits per heavy atom.